The summed E-state index contributed by atoms with van der Waals surface area (Å²) in [6.07, 6.45) is 0. The number of nitrogens with one attached hydrogen (secondary N) is 1. The van der Waals surface area contributed by atoms with E-state index in [1.165, 1.54) is 30.3 Å². The van der Waals surface area contributed by atoms with Crippen LogP contribution in [0.4, 0.5) is 17.1 Å². The van der Waals surface area contributed by atoms with Crippen molar-refractivity contribution in [2.24, 2.45) is 0 Å². The van der Waals surface area contributed by atoms with Crippen LogP contribution in [0.3, 0.4) is 0 Å². The van der Waals surface area contributed by atoms with Crippen molar-refractivity contribution in [3.8, 4) is 0 Å². The number of fused-ring (bicyclic) bond motifs is 1. The molecule has 8 heteroatoms. The zero-order chi connectivity index (χ0) is 21.4. The third-order valence-electron chi connectivity index (χ3n) is 4.85. The third-order valence-corrected chi connectivity index (χ3v) is 4.85. The van der Waals surface area contributed by atoms with E-state index in [4.69, 9.17) is 0 Å². The molecule has 0 atom stereocenters. The molecule has 1 aliphatic rings. The lowest BCUT2D eigenvalue weighted by Crippen LogP contribution is -2.29. The summed E-state index contributed by atoms with van der Waals surface area (Å²) < 4.78 is 0. The number of carbonyl (C=O) groups excluding carboxylic acids is 3. The molecule has 1 aliphatic heterocycles. The Balaban J connectivity index is 1.68. The zero-order valence-corrected chi connectivity index (χ0v) is 15.8. The minimum Gasteiger partial charge on any atom is -0.322 e. The van der Waals surface area contributed by atoms with Crippen LogP contribution in [0.25, 0.3) is 0 Å². The Kier molecular flexibility index (Phi) is 4.59. The van der Waals surface area contributed by atoms with E-state index < -0.39 is 28.3 Å². The topological polar surface area (TPSA) is 110 Å². The number of nitro benzene ring substituents is 1. The van der Waals surface area contributed by atoms with Crippen molar-refractivity contribution in [3.63, 3.8) is 0 Å². The second kappa shape index (κ2) is 7.25. The summed E-state index contributed by atoms with van der Waals surface area (Å²) in [6, 6.07) is 17.2. The van der Waals surface area contributed by atoms with Crippen LogP contribution >= 0.6 is 0 Å². The van der Waals surface area contributed by atoms with Crippen molar-refractivity contribution >= 4 is 34.8 Å². The molecule has 0 saturated carbocycles. The molecule has 0 aliphatic carbocycles. The fraction of sp³-hybridized carbons (Fsp3) is 0.0455. The minimum atomic E-state index is -0.793. The van der Waals surface area contributed by atoms with Crippen LogP contribution in [-0.2, 0) is 0 Å². The van der Waals surface area contributed by atoms with E-state index in [2.05, 4.69) is 5.32 Å². The maximum atomic E-state index is 12.8. The molecule has 1 heterocycles. The zero-order valence-electron chi connectivity index (χ0n) is 15.8. The van der Waals surface area contributed by atoms with Crippen molar-refractivity contribution in [2.75, 3.05) is 10.2 Å². The summed E-state index contributed by atoms with van der Waals surface area (Å²) >= 11 is 0. The lowest BCUT2D eigenvalue weighted by Gasteiger charge is -2.15. The maximum absolute atomic E-state index is 12.8. The number of para-hydroxylation sites is 1. The number of carbonyl (C=O) groups is 3. The molecule has 0 aromatic heterocycles. The molecule has 8 nitrogen and oxygen atoms in total. The van der Waals surface area contributed by atoms with Crippen molar-refractivity contribution in [2.45, 2.75) is 6.92 Å². The molecule has 148 valence electrons. The number of benzene rings is 3. The number of imide groups is 1. The standard InChI is InChI=1S/C22H15N3O5/c1-13-6-2-3-10-17(13)23-20(26)14-7-4-8-15(12-14)24-21(27)16-9-5-11-18(25(29)30)19(16)22(24)28/h2-12H,1H3,(H,23,26). The number of hydrogen-bond acceptors (Lipinski definition) is 5. The van der Waals surface area contributed by atoms with E-state index in [1.54, 1.807) is 24.3 Å². The van der Waals surface area contributed by atoms with Gasteiger partial charge in [0.1, 0.15) is 5.56 Å². The van der Waals surface area contributed by atoms with Gasteiger partial charge in [0.25, 0.3) is 23.4 Å². The van der Waals surface area contributed by atoms with E-state index in [9.17, 15) is 24.5 Å². The fourth-order valence-corrected chi connectivity index (χ4v) is 3.35. The molecule has 3 aromatic rings. The van der Waals surface area contributed by atoms with Gasteiger partial charge in [0, 0.05) is 17.3 Å². The minimum absolute atomic E-state index is 0.0380. The van der Waals surface area contributed by atoms with Crippen molar-refractivity contribution in [1.29, 1.82) is 0 Å². The number of nitrogens with zero attached hydrogens (tertiary/aromatic N) is 2. The van der Waals surface area contributed by atoms with Crippen LogP contribution in [0, 0.1) is 17.0 Å². The number of rotatable bonds is 4. The van der Waals surface area contributed by atoms with Crippen LogP contribution in [0.1, 0.15) is 36.6 Å². The molecule has 4 rings (SSSR count). The van der Waals surface area contributed by atoms with Gasteiger partial charge in [-0.1, -0.05) is 30.3 Å². The highest BCUT2D eigenvalue weighted by atomic mass is 16.6. The van der Waals surface area contributed by atoms with E-state index in [-0.39, 0.29) is 22.4 Å². The maximum Gasteiger partial charge on any atom is 0.283 e. The van der Waals surface area contributed by atoms with Gasteiger partial charge in [-0.3, -0.25) is 24.5 Å². The van der Waals surface area contributed by atoms with Crippen LogP contribution in [0.2, 0.25) is 0 Å². The number of amides is 3. The first-order valence-electron chi connectivity index (χ1n) is 9.01. The molecule has 0 bridgehead atoms. The van der Waals surface area contributed by atoms with Crippen LogP contribution in [0.15, 0.2) is 66.7 Å². The third kappa shape index (κ3) is 3.10. The van der Waals surface area contributed by atoms with E-state index in [1.807, 2.05) is 19.1 Å². The Morgan fingerprint density at radius 3 is 2.43 bits per heavy atom. The lowest BCUT2D eigenvalue weighted by molar-refractivity contribution is -0.385. The molecular formula is C22H15N3O5. The van der Waals surface area contributed by atoms with Gasteiger partial charge in [-0.05, 0) is 42.8 Å². The molecule has 0 saturated heterocycles. The van der Waals surface area contributed by atoms with Gasteiger partial charge in [-0.25, -0.2) is 4.90 Å². The highest BCUT2D eigenvalue weighted by molar-refractivity contribution is 6.35. The molecule has 0 unspecified atom stereocenters. The highest BCUT2D eigenvalue weighted by Crippen LogP contribution is 2.34. The van der Waals surface area contributed by atoms with Crippen LogP contribution < -0.4 is 10.2 Å². The molecule has 0 radical (unpaired) electrons. The molecule has 3 amide bonds. The summed E-state index contributed by atoms with van der Waals surface area (Å²) in [5, 5.41) is 14.1. The lowest BCUT2D eigenvalue weighted by atomic mass is 10.1. The van der Waals surface area contributed by atoms with Gasteiger partial charge in [0.05, 0.1) is 16.2 Å². The second-order valence-electron chi connectivity index (χ2n) is 6.72. The van der Waals surface area contributed by atoms with Gasteiger partial charge in [-0.15, -0.1) is 0 Å². The SMILES string of the molecule is Cc1ccccc1NC(=O)c1cccc(N2C(=O)c3cccc([N+](=O)[O-])c3C2=O)c1. The second-order valence-corrected chi connectivity index (χ2v) is 6.72. The van der Waals surface area contributed by atoms with Crippen LogP contribution in [0.5, 0.6) is 0 Å². The molecule has 3 aromatic carbocycles. The first kappa shape index (κ1) is 19.0. The molecule has 0 spiro atoms. The quantitative estimate of drug-likeness (QED) is 0.404. The van der Waals surface area contributed by atoms with Gasteiger partial charge < -0.3 is 5.32 Å². The Labute approximate surface area is 170 Å². The van der Waals surface area contributed by atoms with Crippen LogP contribution in [-0.4, -0.2) is 22.6 Å². The van der Waals surface area contributed by atoms with Crippen molar-refractivity contribution in [3.05, 3.63) is 99.1 Å². The highest BCUT2D eigenvalue weighted by Gasteiger charge is 2.41. The molecule has 30 heavy (non-hydrogen) atoms. The number of aryl methyl sites for hydroxylation is 1. The summed E-state index contributed by atoms with van der Waals surface area (Å²) in [4.78, 5) is 49.7. The largest absolute Gasteiger partial charge is 0.322 e. The number of anilines is 2. The van der Waals surface area contributed by atoms with E-state index >= 15 is 0 Å². The summed E-state index contributed by atoms with van der Waals surface area (Å²) in [5.74, 6) is -1.87. The predicted molar refractivity (Wildman–Crippen MR) is 110 cm³/mol. The summed E-state index contributed by atoms with van der Waals surface area (Å²) in [7, 11) is 0. The number of hydrogen-bond donors (Lipinski definition) is 1. The molecule has 1 N–H and O–H groups in total. The van der Waals surface area contributed by atoms with E-state index in [0.717, 1.165) is 10.5 Å². The van der Waals surface area contributed by atoms with Gasteiger partial charge in [0.2, 0.25) is 0 Å². The Bertz CT molecular complexity index is 1230. The average Bonchev–Trinajstić information content (AvgIpc) is 3.00. The fourth-order valence-electron chi connectivity index (χ4n) is 3.35. The first-order valence-corrected chi connectivity index (χ1v) is 9.01. The van der Waals surface area contributed by atoms with Crippen molar-refractivity contribution in [1.82, 2.24) is 0 Å². The first-order chi connectivity index (χ1) is 14.4. The molecule has 0 fully saturated rings. The summed E-state index contributed by atoms with van der Waals surface area (Å²) in [5.41, 5.74) is 1.21. The monoisotopic (exact) mass is 401 g/mol. The number of nitro groups is 1. The average molecular weight is 401 g/mol. The normalized spacial score (nSPS) is 12.6. The Hall–Kier alpha value is -4.33. The predicted octanol–water partition coefficient (Wildman–Crippen LogP) is 3.96. The van der Waals surface area contributed by atoms with Gasteiger partial charge >= 0.3 is 0 Å². The summed E-state index contributed by atoms with van der Waals surface area (Å²) in [6.45, 7) is 1.86. The van der Waals surface area contributed by atoms with Crippen molar-refractivity contribution < 1.29 is 19.3 Å². The van der Waals surface area contributed by atoms with E-state index in [0.29, 0.717) is 5.69 Å². The Morgan fingerprint density at radius 1 is 0.967 bits per heavy atom. The smallest absolute Gasteiger partial charge is 0.283 e. The molecular weight excluding hydrogens is 386 g/mol. The van der Waals surface area contributed by atoms with Gasteiger partial charge in [0.15, 0.2) is 0 Å². The van der Waals surface area contributed by atoms with Gasteiger partial charge in [-0.2, -0.15) is 0 Å². The Morgan fingerprint density at radius 2 is 1.70 bits per heavy atom.